The van der Waals surface area contributed by atoms with E-state index in [0.29, 0.717) is 44.6 Å². The summed E-state index contributed by atoms with van der Waals surface area (Å²) in [6.45, 7) is 5.68. The third kappa shape index (κ3) is 3.89. The summed E-state index contributed by atoms with van der Waals surface area (Å²) in [5.41, 5.74) is -0.757. The lowest BCUT2D eigenvalue weighted by atomic mass is 9.84. The van der Waals surface area contributed by atoms with Gasteiger partial charge in [-0.05, 0) is 6.07 Å². The highest BCUT2D eigenvalue weighted by Crippen LogP contribution is 2.30. The van der Waals surface area contributed by atoms with Crippen LogP contribution in [0.4, 0.5) is 4.39 Å². The molecule has 0 radical (unpaired) electrons. The average Bonchev–Trinajstić information content (AvgIpc) is 2.48. The third-order valence-electron chi connectivity index (χ3n) is 4.01. The minimum Gasteiger partial charge on any atom is -0.385 e. The number of hydrogen-bond donors (Lipinski definition) is 3. The van der Waals surface area contributed by atoms with Gasteiger partial charge in [0, 0.05) is 24.9 Å². The normalized spacial score (nSPS) is 25.3. The van der Waals surface area contributed by atoms with Crippen molar-refractivity contribution in [2.24, 2.45) is 0 Å². The van der Waals surface area contributed by atoms with Crippen LogP contribution in [0, 0.1) is 5.82 Å². The van der Waals surface area contributed by atoms with Crippen LogP contribution in [0.5, 0.6) is 0 Å². The molecule has 0 aromatic heterocycles. The lowest BCUT2D eigenvalue weighted by Crippen LogP contribution is -3.14. The Bertz CT molecular complexity index is 511. The number of piperidine rings is 1. The first-order valence-electron chi connectivity index (χ1n) is 7.24. The van der Waals surface area contributed by atoms with Crippen molar-refractivity contribution in [3.8, 4) is 0 Å². The Kier molecular flexibility index (Phi) is 5.09. The van der Waals surface area contributed by atoms with Gasteiger partial charge >= 0.3 is 0 Å². The molecule has 0 spiro atoms. The Balaban J connectivity index is 1.92. The molecule has 1 amide bonds. The van der Waals surface area contributed by atoms with Crippen molar-refractivity contribution < 1.29 is 19.2 Å². The molecule has 1 aromatic rings. The van der Waals surface area contributed by atoms with E-state index in [-0.39, 0.29) is 11.7 Å². The van der Waals surface area contributed by atoms with Crippen molar-refractivity contribution in [1.82, 2.24) is 5.32 Å². The highest BCUT2D eigenvalue weighted by atomic mass is 19.1. The number of amides is 1. The monoisotopic (exact) mass is 293 g/mol. The van der Waals surface area contributed by atoms with E-state index in [2.05, 4.69) is 11.9 Å². The Morgan fingerprint density at radius 3 is 2.71 bits per heavy atom. The molecule has 1 aliphatic heterocycles. The molecule has 0 bridgehead atoms. The van der Waals surface area contributed by atoms with Gasteiger partial charge < -0.3 is 15.3 Å². The molecule has 1 fully saturated rings. The molecule has 21 heavy (non-hydrogen) atoms. The van der Waals surface area contributed by atoms with E-state index in [1.807, 2.05) is 0 Å². The van der Waals surface area contributed by atoms with Gasteiger partial charge in [0.05, 0.1) is 13.1 Å². The molecule has 0 atom stereocenters. The highest BCUT2D eigenvalue weighted by molar-refractivity contribution is 5.76. The number of carbonyl (C=O) groups is 1. The van der Waals surface area contributed by atoms with Crippen molar-refractivity contribution in [3.05, 3.63) is 48.3 Å². The molecule has 2 rings (SSSR count). The SMILES string of the molecule is C=CCNC(=O)C[NH+]1CCC(O)(c2ccccc2F)CC1. The maximum Gasteiger partial charge on any atom is 0.275 e. The minimum absolute atomic E-state index is 0.0266. The van der Waals surface area contributed by atoms with Gasteiger partial charge in [0.25, 0.3) is 5.91 Å². The molecule has 114 valence electrons. The smallest absolute Gasteiger partial charge is 0.275 e. The summed E-state index contributed by atoms with van der Waals surface area (Å²) in [6, 6.07) is 6.36. The van der Waals surface area contributed by atoms with E-state index in [1.54, 1.807) is 24.3 Å². The van der Waals surface area contributed by atoms with Crippen LogP contribution < -0.4 is 10.2 Å². The molecule has 0 unspecified atom stereocenters. The number of rotatable bonds is 5. The van der Waals surface area contributed by atoms with Crippen molar-refractivity contribution >= 4 is 5.91 Å². The van der Waals surface area contributed by atoms with Gasteiger partial charge in [-0.25, -0.2) is 4.39 Å². The van der Waals surface area contributed by atoms with Crippen LogP contribution in [-0.4, -0.2) is 37.2 Å². The zero-order chi connectivity index (χ0) is 15.3. The van der Waals surface area contributed by atoms with Crippen LogP contribution in [0.15, 0.2) is 36.9 Å². The number of quaternary nitrogens is 1. The maximum atomic E-state index is 13.8. The van der Waals surface area contributed by atoms with Crippen molar-refractivity contribution in [1.29, 1.82) is 0 Å². The van der Waals surface area contributed by atoms with Gasteiger partial charge in [-0.2, -0.15) is 0 Å². The number of likely N-dealkylation sites (tertiary alicyclic amines) is 1. The Morgan fingerprint density at radius 2 is 2.10 bits per heavy atom. The zero-order valence-corrected chi connectivity index (χ0v) is 12.1. The maximum absolute atomic E-state index is 13.8. The predicted octanol–water partition coefficient (Wildman–Crippen LogP) is -0.00580. The van der Waals surface area contributed by atoms with Crippen molar-refractivity contribution in [3.63, 3.8) is 0 Å². The Hall–Kier alpha value is -1.72. The van der Waals surface area contributed by atoms with E-state index in [4.69, 9.17) is 0 Å². The van der Waals surface area contributed by atoms with E-state index < -0.39 is 5.60 Å². The minimum atomic E-state index is -1.12. The molecule has 4 nitrogen and oxygen atoms in total. The van der Waals surface area contributed by atoms with Gasteiger partial charge in [-0.3, -0.25) is 4.79 Å². The second kappa shape index (κ2) is 6.83. The molecule has 1 aliphatic rings. The van der Waals surface area contributed by atoms with E-state index in [9.17, 15) is 14.3 Å². The van der Waals surface area contributed by atoms with Crippen LogP contribution >= 0.6 is 0 Å². The van der Waals surface area contributed by atoms with Gasteiger partial charge in [0.1, 0.15) is 11.4 Å². The fraction of sp³-hybridized carbons (Fsp3) is 0.438. The zero-order valence-electron chi connectivity index (χ0n) is 12.1. The average molecular weight is 293 g/mol. The van der Waals surface area contributed by atoms with Gasteiger partial charge in [0.2, 0.25) is 0 Å². The summed E-state index contributed by atoms with van der Waals surface area (Å²) in [6.07, 6.45) is 2.55. The number of nitrogens with one attached hydrogen (secondary N) is 2. The van der Waals surface area contributed by atoms with E-state index >= 15 is 0 Å². The van der Waals surface area contributed by atoms with Crippen molar-refractivity contribution in [2.75, 3.05) is 26.2 Å². The van der Waals surface area contributed by atoms with Crippen LogP contribution in [0.3, 0.4) is 0 Å². The molecule has 3 N–H and O–H groups in total. The first-order chi connectivity index (χ1) is 10.0. The highest BCUT2D eigenvalue weighted by Gasteiger charge is 2.38. The fourth-order valence-corrected chi connectivity index (χ4v) is 2.78. The molecule has 0 saturated carbocycles. The van der Waals surface area contributed by atoms with Crippen LogP contribution in [0.25, 0.3) is 0 Å². The van der Waals surface area contributed by atoms with Crippen LogP contribution in [0.1, 0.15) is 18.4 Å². The first-order valence-corrected chi connectivity index (χ1v) is 7.24. The summed E-state index contributed by atoms with van der Waals surface area (Å²) in [4.78, 5) is 12.8. The summed E-state index contributed by atoms with van der Waals surface area (Å²) in [7, 11) is 0. The lowest BCUT2D eigenvalue weighted by molar-refractivity contribution is -0.900. The van der Waals surface area contributed by atoms with Crippen molar-refractivity contribution in [2.45, 2.75) is 18.4 Å². The quantitative estimate of drug-likeness (QED) is 0.669. The molecule has 0 aliphatic carbocycles. The summed E-state index contributed by atoms with van der Waals surface area (Å²) in [5, 5.41) is 13.4. The molecule has 1 heterocycles. The summed E-state index contributed by atoms with van der Waals surface area (Å²) < 4.78 is 13.8. The number of halogens is 1. The summed E-state index contributed by atoms with van der Waals surface area (Å²) in [5.74, 6) is -0.395. The second-order valence-corrected chi connectivity index (χ2v) is 5.53. The molecular formula is C16H22FN2O2+. The Morgan fingerprint density at radius 1 is 1.43 bits per heavy atom. The molecule has 1 aromatic carbocycles. The topological polar surface area (TPSA) is 53.8 Å². The number of hydrogen-bond acceptors (Lipinski definition) is 2. The second-order valence-electron chi connectivity index (χ2n) is 5.53. The van der Waals surface area contributed by atoms with Gasteiger partial charge in [0.15, 0.2) is 6.54 Å². The third-order valence-corrected chi connectivity index (χ3v) is 4.01. The number of carbonyl (C=O) groups excluding carboxylic acids is 1. The summed E-state index contributed by atoms with van der Waals surface area (Å²) >= 11 is 0. The van der Waals surface area contributed by atoms with Gasteiger partial charge in [-0.1, -0.05) is 24.3 Å². The fourth-order valence-electron chi connectivity index (χ4n) is 2.78. The van der Waals surface area contributed by atoms with E-state index in [1.165, 1.54) is 6.07 Å². The van der Waals surface area contributed by atoms with Crippen LogP contribution in [0.2, 0.25) is 0 Å². The van der Waals surface area contributed by atoms with Gasteiger partial charge in [-0.15, -0.1) is 6.58 Å². The molecule has 1 saturated heterocycles. The lowest BCUT2D eigenvalue weighted by Gasteiger charge is -2.36. The van der Waals surface area contributed by atoms with Crippen LogP contribution in [-0.2, 0) is 10.4 Å². The first kappa shape index (κ1) is 15.7. The van der Waals surface area contributed by atoms with E-state index in [0.717, 1.165) is 4.90 Å². The standard InChI is InChI=1S/C16H21FN2O2/c1-2-9-18-15(20)12-19-10-7-16(21,8-11-19)13-5-3-4-6-14(13)17/h2-6,21H,1,7-12H2,(H,18,20)/p+1. The number of aliphatic hydroxyl groups is 1. The predicted molar refractivity (Wildman–Crippen MR) is 78.3 cm³/mol. The number of benzene rings is 1. The Labute approximate surface area is 124 Å². The molecular weight excluding hydrogens is 271 g/mol. The molecule has 5 heteroatoms. The largest absolute Gasteiger partial charge is 0.385 e.